The molecule has 8 rings (SSSR count). The Kier molecular flexibility index (Phi) is 9.23. The lowest BCUT2D eigenvalue weighted by Crippen LogP contribution is -2.49. The van der Waals surface area contributed by atoms with Crippen molar-refractivity contribution in [1.29, 1.82) is 0 Å². The van der Waals surface area contributed by atoms with Gasteiger partial charge in [-0.3, -0.25) is 24.5 Å². The number of hydrogen-bond donors (Lipinski definition) is 3. The third-order valence-electron chi connectivity index (χ3n) is 10.4. The summed E-state index contributed by atoms with van der Waals surface area (Å²) < 4.78 is 2.27. The Balaban J connectivity index is 0.885. The van der Waals surface area contributed by atoms with E-state index in [-0.39, 0.29) is 11.9 Å². The molecule has 1 saturated carbocycles. The van der Waals surface area contributed by atoms with Gasteiger partial charge < -0.3 is 15.5 Å². The molecule has 3 N–H and O–H groups in total. The zero-order valence-electron chi connectivity index (χ0n) is 29.0. The number of hydrogen-bond acceptors (Lipinski definition) is 9. The van der Waals surface area contributed by atoms with Gasteiger partial charge in [0.25, 0.3) is 0 Å². The highest BCUT2D eigenvalue weighted by atomic mass is 16.2. The lowest BCUT2D eigenvalue weighted by molar-refractivity contribution is -0.120. The van der Waals surface area contributed by atoms with E-state index in [2.05, 4.69) is 90.9 Å². The minimum absolute atomic E-state index is 0.219. The van der Waals surface area contributed by atoms with E-state index in [9.17, 15) is 9.59 Å². The molecule has 2 aromatic heterocycles. The maximum atomic E-state index is 12.3. The standard InChI is InChI=1S/C39H44N10O2/c1-46(26-27-8-7-13-33(24-27)48-23-20-35(50)44-39(48)51)30-18-21-47(22-19-30)31-16-14-29(15-17-31)41-37-40-25-34-36(45-37)49(32-11-5-6-12-32)38(43-34)42-28-9-3-2-4-10-28/h2-4,7-10,13-17,24-25,30,32H,5-6,11-12,18-23,26H2,1H3,(H,42,43)(H,40,41,45)(H,44,50,51). The van der Waals surface area contributed by atoms with Gasteiger partial charge in [-0.25, -0.2) is 14.8 Å². The zero-order chi connectivity index (χ0) is 34.7. The van der Waals surface area contributed by atoms with Gasteiger partial charge in [0.05, 0.1) is 6.20 Å². The number of piperidine rings is 1. The molecule has 0 unspecified atom stereocenters. The maximum Gasteiger partial charge on any atom is 0.328 e. The van der Waals surface area contributed by atoms with Gasteiger partial charge in [0.2, 0.25) is 17.8 Å². The van der Waals surface area contributed by atoms with Crippen LogP contribution >= 0.6 is 0 Å². The third kappa shape index (κ3) is 7.23. The molecule has 2 saturated heterocycles. The summed E-state index contributed by atoms with van der Waals surface area (Å²) in [5.41, 5.74) is 6.77. The predicted molar refractivity (Wildman–Crippen MR) is 201 cm³/mol. The molecule has 12 nitrogen and oxygen atoms in total. The number of urea groups is 1. The number of aromatic nitrogens is 4. The highest BCUT2D eigenvalue weighted by Gasteiger charge is 2.27. The van der Waals surface area contributed by atoms with E-state index >= 15 is 0 Å². The van der Waals surface area contributed by atoms with Gasteiger partial charge in [-0.15, -0.1) is 0 Å². The van der Waals surface area contributed by atoms with E-state index in [1.54, 1.807) is 4.90 Å². The second-order valence-electron chi connectivity index (χ2n) is 13.9. The fraction of sp³-hybridized carbons (Fsp3) is 0.359. The van der Waals surface area contributed by atoms with Crippen LogP contribution < -0.4 is 25.8 Å². The number of fused-ring (bicyclic) bond motifs is 1. The fourth-order valence-corrected chi connectivity index (χ4v) is 7.70. The molecule has 1 aliphatic carbocycles. The molecule has 0 atom stereocenters. The Labute approximate surface area is 297 Å². The molecule has 262 valence electrons. The van der Waals surface area contributed by atoms with Crippen molar-refractivity contribution in [2.45, 2.75) is 63.6 Å². The molecule has 0 spiro atoms. The van der Waals surface area contributed by atoms with Crippen LogP contribution in [0.15, 0.2) is 85.1 Å². The second kappa shape index (κ2) is 14.4. The summed E-state index contributed by atoms with van der Waals surface area (Å²) in [6.45, 7) is 3.17. The predicted octanol–water partition coefficient (Wildman–Crippen LogP) is 6.98. The molecule has 12 heteroatoms. The van der Waals surface area contributed by atoms with Crippen molar-refractivity contribution < 1.29 is 9.59 Å². The van der Waals surface area contributed by atoms with Crippen LogP contribution in [-0.4, -0.2) is 69.1 Å². The van der Waals surface area contributed by atoms with E-state index in [1.807, 2.05) is 36.5 Å². The number of nitrogens with one attached hydrogen (secondary N) is 3. The minimum Gasteiger partial charge on any atom is -0.371 e. The molecule has 5 aromatic rings. The molecule has 2 aliphatic heterocycles. The molecule has 4 heterocycles. The Morgan fingerprint density at radius 3 is 2.35 bits per heavy atom. The van der Waals surface area contributed by atoms with Crippen LogP contribution in [0.25, 0.3) is 11.2 Å². The molecule has 51 heavy (non-hydrogen) atoms. The molecule has 0 radical (unpaired) electrons. The Morgan fingerprint density at radius 1 is 0.824 bits per heavy atom. The van der Waals surface area contributed by atoms with Crippen molar-refractivity contribution in [2.24, 2.45) is 0 Å². The van der Waals surface area contributed by atoms with Crippen LogP contribution in [0.5, 0.6) is 0 Å². The summed E-state index contributed by atoms with van der Waals surface area (Å²) in [7, 11) is 2.18. The van der Waals surface area contributed by atoms with Gasteiger partial charge in [0.1, 0.15) is 5.52 Å². The summed E-state index contributed by atoms with van der Waals surface area (Å²) in [6.07, 6.45) is 8.94. The number of carbonyl (C=O) groups is 2. The van der Waals surface area contributed by atoms with Gasteiger partial charge in [-0.05, 0) is 86.8 Å². The first-order chi connectivity index (χ1) is 25.0. The molecular weight excluding hydrogens is 640 g/mol. The van der Waals surface area contributed by atoms with Crippen LogP contribution in [-0.2, 0) is 11.3 Å². The van der Waals surface area contributed by atoms with E-state index in [0.717, 1.165) is 85.1 Å². The Bertz CT molecular complexity index is 2000. The minimum atomic E-state index is -0.350. The summed E-state index contributed by atoms with van der Waals surface area (Å²) in [4.78, 5) is 44.9. The number of para-hydroxylation sites is 1. The van der Waals surface area contributed by atoms with Crippen LogP contribution in [0.3, 0.4) is 0 Å². The summed E-state index contributed by atoms with van der Waals surface area (Å²) >= 11 is 0. The van der Waals surface area contributed by atoms with E-state index in [0.29, 0.717) is 31.0 Å². The smallest absolute Gasteiger partial charge is 0.328 e. The largest absolute Gasteiger partial charge is 0.371 e. The molecule has 3 fully saturated rings. The fourth-order valence-electron chi connectivity index (χ4n) is 7.70. The lowest BCUT2D eigenvalue weighted by Gasteiger charge is -2.38. The number of nitrogens with zero attached hydrogens (tertiary/aromatic N) is 7. The van der Waals surface area contributed by atoms with E-state index in [4.69, 9.17) is 9.97 Å². The van der Waals surface area contributed by atoms with Gasteiger partial charge >= 0.3 is 6.03 Å². The van der Waals surface area contributed by atoms with Crippen LogP contribution in [0.1, 0.15) is 56.6 Å². The molecule has 3 aliphatic rings. The van der Waals surface area contributed by atoms with Crippen molar-refractivity contribution in [2.75, 3.05) is 47.1 Å². The first-order valence-corrected chi connectivity index (χ1v) is 18.1. The number of carbonyl (C=O) groups excluding carboxylic acids is 2. The van der Waals surface area contributed by atoms with Crippen molar-refractivity contribution in [1.82, 2.24) is 29.7 Å². The molecule has 0 bridgehead atoms. The summed E-state index contributed by atoms with van der Waals surface area (Å²) in [6, 6.07) is 27.3. The highest BCUT2D eigenvalue weighted by Crippen LogP contribution is 2.36. The number of anilines is 6. The Hall–Kier alpha value is -5.49. The van der Waals surface area contributed by atoms with Crippen LogP contribution in [0.2, 0.25) is 0 Å². The number of rotatable bonds is 10. The van der Waals surface area contributed by atoms with Crippen molar-refractivity contribution in [3.8, 4) is 0 Å². The average Bonchev–Trinajstić information content (AvgIpc) is 3.80. The van der Waals surface area contributed by atoms with Gasteiger partial charge in [0, 0.05) is 67.4 Å². The van der Waals surface area contributed by atoms with Gasteiger partial charge in [0.15, 0.2) is 5.65 Å². The van der Waals surface area contributed by atoms with Crippen molar-refractivity contribution in [3.63, 3.8) is 0 Å². The molecular formula is C39H44N10O2. The van der Waals surface area contributed by atoms with Crippen molar-refractivity contribution >= 4 is 57.7 Å². The number of imide groups is 1. The number of imidazole rings is 1. The maximum absolute atomic E-state index is 12.3. The summed E-state index contributed by atoms with van der Waals surface area (Å²) in [5.74, 6) is 1.15. The monoisotopic (exact) mass is 684 g/mol. The Morgan fingerprint density at radius 2 is 1.59 bits per heavy atom. The second-order valence-corrected chi connectivity index (χ2v) is 13.9. The zero-order valence-corrected chi connectivity index (χ0v) is 29.0. The van der Waals surface area contributed by atoms with Crippen LogP contribution in [0, 0.1) is 0 Å². The highest BCUT2D eigenvalue weighted by molar-refractivity contribution is 6.05. The van der Waals surface area contributed by atoms with Crippen LogP contribution in [0.4, 0.5) is 39.4 Å². The molecule has 3 amide bonds. The number of benzene rings is 3. The topological polar surface area (TPSA) is 124 Å². The average molecular weight is 685 g/mol. The SMILES string of the molecule is CN(Cc1cccc(N2CCC(=O)NC2=O)c1)C1CCN(c2ccc(Nc3ncc4nc(Nc5ccccc5)n(C5CCCC5)c4n3)cc2)CC1. The molecule has 3 aromatic carbocycles. The van der Waals surface area contributed by atoms with E-state index in [1.165, 1.54) is 18.5 Å². The lowest BCUT2D eigenvalue weighted by atomic mass is 10.0. The van der Waals surface area contributed by atoms with E-state index < -0.39 is 0 Å². The van der Waals surface area contributed by atoms with Crippen molar-refractivity contribution in [3.05, 3.63) is 90.6 Å². The quantitative estimate of drug-likeness (QED) is 0.143. The van der Waals surface area contributed by atoms with Gasteiger partial charge in [-0.2, -0.15) is 4.98 Å². The normalized spacial score (nSPS) is 17.4. The first kappa shape index (κ1) is 32.7. The number of amides is 3. The first-order valence-electron chi connectivity index (χ1n) is 18.1. The summed E-state index contributed by atoms with van der Waals surface area (Å²) in [5, 5.41) is 9.36. The van der Waals surface area contributed by atoms with Gasteiger partial charge in [-0.1, -0.05) is 43.2 Å². The third-order valence-corrected chi connectivity index (χ3v) is 10.4.